The lowest BCUT2D eigenvalue weighted by atomic mass is 10.2. The lowest BCUT2D eigenvalue weighted by Crippen LogP contribution is -1.74. The van der Waals surface area contributed by atoms with E-state index in [-0.39, 0.29) is 0 Å². The summed E-state index contributed by atoms with van der Waals surface area (Å²) in [4.78, 5) is 0. The SMILES string of the molecule is Cc1oc(F)c(C)c1C. The normalized spacial score (nSPS) is 10.2. The average Bonchev–Trinajstić information content (AvgIpc) is 1.98. The van der Waals surface area contributed by atoms with Crippen molar-refractivity contribution in [2.45, 2.75) is 20.8 Å². The molecule has 50 valence electrons. The quantitative estimate of drug-likeness (QED) is 0.522. The van der Waals surface area contributed by atoms with Crippen molar-refractivity contribution in [3.8, 4) is 0 Å². The van der Waals surface area contributed by atoms with Gasteiger partial charge in [-0.05, 0) is 26.3 Å². The molecule has 0 radical (unpaired) electrons. The molecule has 2 heteroatoms. The molecule has 1 heterocycles. The summed E-state index contributed by atoms with van der Waals surface area (Å²) < 4.78 is 17.1. The highest BCUT2D eigenvalue weighted by atomic mass is 19.1. The highest BCUT2D eigenvalue weighted by Gasteiger charge is 2.07. The predicted octanol–water partition coefficient (Wildman–Crippen LogP) is 2.34. The minimum absolute atomic E-state index is 0.454. The van der Waals surface area contributed by atoms with E-state index in [0.717, 1.165) is 5.56 Å². The summed E-state index contributed by atoms with van der Waals surface area (Å²) in [7, 11) is 0. The van der Waals surface area contributed by atoms with Gasteiger partial charge >= 0.3 is 0 Å². The molecule has 0 fully saturated rings. The van der Waals surface area contributed by atoms with E-state index in [9.17, 15) is 4.39 Å². The summed E-state index contributed by atoms with van der Waals surface area (Å²) in [6, 6.07) is -0.454. The molecular formula is C7H9FO. The Morgan fingerprint density at radius 2 is 1.67 bits per heavy atom. The summed E-state index contributed by atoms with van der Waals surface area (Å²) in [5.41, 5.74) is 1.53. The number of rotatable bonds is 0. The summed E-state index contributed by atoms with van der Waals surface area (Å²) in [6.45, 7) is 5.31. The Kier molecular flexibility index (Phi) is 1.31. The Bertz CT molecular complexity index is 203. The number of halogens is 1. The Morgan fingerprint density at radius 1 is 1.11 bits per heavy atom. The van der Waals surface area contributed by atoms with E-state index in [0.29, 0.717) is 11.3 Å². The van der Waals surface area contributed by atoms with E-state index in [4.69, 9.17) is 0 Å². The van der Waals surface area contributed by atoms with Crippen LogP contribution in [0.4, 0.5) is 4.39 Å². The molecule has 0 bridgehead atoms. The molecule has 0 aliphatic rings. The van der Waals surface area contributed by atoms with Crippen molar-refractivity contribution in [3.05, 3.63) is 22.9 Å². The van der Waals surface area contributed by atoms with Crippen LogP contribution in [0.3, 0.4) is 0 Å². The van der Waals surface area contributed by atoms with Gasteiger partial charge in [0.05, 0.1) is 0 Å². The van der Waals surface area contributed by atoms with Crippen molar-refractivity contribution >= 4 is 0 Å². The van der Waals surface area contributed by atoms with E-state index in [2.05, 4.69) is 4.42 Å². The Morgan fingerprint density at radius 3 is 1.78 bits per heavy atom. The van der Waals surface area contributed by atoms with Gasteiger partial charge in [0, 0.05) is 5.56 Å². The maximum Gasteiger partial charge on any atom is 0.281 e. The summed E-state index contributed by atoms with van der Waals surface area (Å²) in [6.07, 6.45) is 0. The largest absolute Gasteiger partial charge is 0.436 e. The molecule has 0 unspecified atom stereocenters. The highest BCUT2D eigenvalue weighted by Crippen LogP contribution is 2.17. The molecule has 1 nitrogen and oxygen atoms in total. The minimum Gasteiger partial charge on any atom is -0.436 e. The lowest BCUT2D eigenvalue weighted by Gasteiger charge is -1.83. The Hall–Kier alpha value is -0.790. The zero-order chi connectivity index (χ0) is 7.02. The lowest BCUT2D eigenvalue weighted by molar-refractivity contribution is 0.342. The smallest absolute Gasteiger partial charge is 0.281 e. The van der Waals surface area contributed by atoms with Crippen molar-refractivity contribution in [2.75, 3.05) is 0 Å². The molecule has 1 rings (SSSR count). The van der Waals surface area contributed by atoms with Crippen LogP contribution in [-0.4, -0.2) is 0 Å². The second-order valence-electron chi connectivity index (χ2n) is 2.18. The van der Waals surface area contributed by atoms with Gasteiger partial charge in [-0.1, -0.05) is 0 Å². The first kappa shape index (κ1) is 6.33. The van der Waals surface area contributed by atoms with Crippen LogP contribution < -0.4 is 0 Å². The first-order valence-corrected chi connectivity index (χ1v) is 2.85. The van der Waals surface area contributed by atoms with Crippen LogP contribution in [-0.2, 0) is 0 Å². The molecule has 0 saturated heterocycles. The van der Waals surface area contributed by atoms with E-state index in [1.165, 1.54) is 0 Å². The zero-order valence-electron chi connectivity index (χ0n) is 5.79. The second kappa shape index (κ2) is 1.87. The van der Waals surface area contributed by atoms with Gasteiger partial charge in [-0.25, -0.2) is 0 Å². The molecule has 0 aliphatic heterocycles. The van der Waals surface area contributed by atoms with Crippen LogP contribution >= 0.6 is 0 Å². The van der Waals surface area contributed by atoms with Crippen LogP contribution in [0.5, 0.6) is 0 Å². The second-order valence-corrected chi connectivity index (χ2v) is 2.18. The maximum atomic E-state index is 12.4. The van der Waals surface area contributed by atoms with Crippen molar-refractivity contribution in [3.63, 3.8) is 0 Å². The monoisotopic (exact) mass is 128 g/mol. The van der Waals surface area contributed by atoms with Crippen LogP contribution in [0, 0.1) is 26.8 Å². The first-order valence-electron chi connectivity index (χ1n) is 2.85. The van der Waals surface area contributed by atoms with E-state index in [1.54, 1.807) is 13.8 Å². The summed E-state index contributed by atoms with van der Waals surface area (Å²) >= 11 is 0. The van der Waals surface area contributed by atoms with Gasteiger partial charge in [0.15, 0.2) is 0 Å². The van der Waals surface area contributed by atoms with Crippen LogP contribution in [0.25, 0.3) is 0 Å². The number of furan rings is 1. The summed E-state index contributed by atoms with van der Waals surface area (Å²) in [5, 5.41) is 0. The maximum absolute atomic E-state index is 12.4. The zero-order valence-corrected chi connectivity index (χ0v) is 5.79. The Balaban J connectivity index is 3.29. The van der Waals surface area contributed by atoms with Crippen molar-refractivity contribution in [1.82, 2.24) is 0 Å². The van der Waals surface area contributed by atoms with Crippen LogP contribution in [0.2, 0.25) is 0 Å². The van der Waals surface area contributed by atoms with Gasteiger partial charge in [-0.3, -0.25) is 0 Å². The molecule has 0 saturated carbocycles. The van der Waals surface area contributed by atoms with Crippen LogP contribution in [0.15, 0.2) is 4.42 Å². The fourth-order valence-electron chi connectivity index (χ4n) is 0.699. The average molecular weight is 128 g/mol. The van der Waals surface area contributed by atoms with Crippen LogP contribution in [0.1, 0.15) is 16.9 Å². The van der Waals surface area contributed by atoms with Gasteiger partial charge in [0.25, 0.3) is 6.01 Å². The van der Waals surface area contributed by atoms with Gasteiger partial charge in [-0.15, -0.1) is 0 Å². The number of aryl methyl sites for hydroxylation is 1. The van der Waals surface area contributed by atoms with E-state index < -0.39 is 6.01 Å². The van der Waals surface area contributed by atoms with Crippen molar-refractivity contribution in [1.29, 1.82) is 0 Å². The number of hydrogen-bond donors (Lipinski definition) is 0. The third-order valence-corrected chi connectivity index (χ3v) is 1.63. The molecule has 1 aromatic heterocycles. The molecule has 1 aromatic rings. The fourth-order valence-corrected chi connectivity index (χ4v) is 0.699. The minimum atomic E-state index is -0.454. The van der Waals surface area contributed by atoms with Gasteiger partial charge in [-0.2, -0.15) is 4.39 Å². The van der Waals surface area contributed by atoms with E-state index in [1.807, 2.05) is 6.92 Å². The predicted molar refractivity (Wildman–Crippen MR) is 32.9 cm³/mol. The molecule has 0 aliphatic carbocycles. The van der Waals surface area contributed by atoms with Gasteiger partial charge in [0.1, 0.15) is 5.76 Å². The molecule has 9 heavy (non-hydrogen) atoms. The van der Waals surface area contributed by atoms with Gasteiger partial charge < -0.3 is 4.42 Å². The van der Waals surface area contributed by atoms with Gasteiger partial charge in [0.2, 0.25) is 0 Å². The highest BCUT2D eigenvalue weighted by molar-refractivity contribution is 5.24. The summed E-state index contributed by atoms with van der Waals surface area (Å²) in [5.74, 6) is 0.671. The van der Waals surface area contributed by atoms with Crippen molar-refractivity contribution in [2.24, 2.45) is 0 Å². The standard InChI is InChI=1S/C7H9FO/c1-4-5(2)7(8)9-6(4)3/h1-3H3. The van der Waals surface area contributed by atoms with E-state index >= 15 is 0 Å². The third kappa shape index (κ3) is 0.846. The van der Waals surface area contributed by atoms with Crippen molar-refractivity contribution < 1.29 is 8.81 Å². The molecule has 0 amide bonds. The molecular weight excluding hydrogens is 119 g/mol. The third-order valence-electron chi connectivity index (χ3n) is 1.63. The fraction of sp³-hybridized carbons (Fsp3) is 0.429. The topological polar surface area (TPSA) is 13.1 Å². The molecule has 0 aromatic carbocycles. The molecule has 0 N–H and O–H groups in total. The molecule has 0 spiro atoms. The number of hydrogen-bond acceptors (Lipinski definition) is 1. The Labute approximate surface area is 53.5 Å². The first-order chi connectivity index (χ1) is 4.13. The molecule has 0 atom stereocenters.